The highest BCUT2D eigenvalue weighted by Gasteiger charge is 2.45. The van der Waals surface area contributed by atoms with Crippen molar-refractivity contribution in [3.8, 4) is 10.6 Å². The van der Waals surface area contributed by atoms with E-state index in [1.165, 1.54) is 40.3 Å². The molecule has 6 rings (SSSR count). The summed E-state index contributed by atoms with van der Waals surface area (Å²) >= 11 is 1.40. The van der Waals surface area contributed by atoms with Crippen molar-refractivity contribution in [3.63, 3.8) is 0 Å². The Morgan fingerprint density at radius 1 is 1.18 bits per heavy atom. The monoisotopic (exact) mass is 548 g/mol. The number of rotatable bonds is 8. The van der Waals surface area contributed by atoms with Crippen molar-refractivity contribution in [2.24, 2.45) is 18.9 Å². The molecule has 4 aromatic rings. The second-order valence-electron chi connectivity index (χ2n) is 10.2. The predicted octanol–water partition coefficient (Wildman–Crippen LogP) is 2.05. The van der Waals surface area contributed by atoms with Gasteiger partial charge in [0, 0.05) is 43.7 Å². The van der Waals surface area contributed by atoms with E-state index in [1.54, 1.807) is 19.2 Å². The summed E-state index contributed by atoms with van der Waals surface area (Å²) in [6, 6.07) is 3.17. The first-order chi connectivity index (χ1) is 18.7. The number of thiazole rings is 1. The van der Waals surface area contributed by atoms with E-state index < -0.39 is 23.2 Å². The van der Waals surface area contributed by atoms with Crippen molar-refractivity contribution in [3.05, 3.63) is 50.9 Å². The third-order valence-corrected chi connectivity index (χ3v) is 8.53. The maximum absolute atomic E-state index is 13.2. The fraction of sp³-hybridized carbons (Fsp3) is 0.423. The van der Waals surface area contributed by atoms with Crippen LogP contribution in [0.15, 0.2) is 39.6 Å². The number of fused-ring (bicyclic) bond motifs is 2. The SMILES string of the molecule is CCC(=O)Cn1c(=O)c2c(ncn2[C@@H](C)C(=O)Nc2csc(-c3ccc(N4CC5CC5C4)nc3)n2)n(C)c1=O. The molecule has 12 nitrogen and oxygen atoms in total. The Hall–Kier alpha value is -4.13. The van der Waals surface area contributed by atoms with Gasteiger partial charge in [0.15, 0.2) is 16.9 Å². The molecule has 2 fully saturated rings. The van der Waals surface area contributed by atoms with Crippen LogP contribution in [0.1, 0.15) is 32.7 Å². The topological polar surface area (TPSA) is 137 Å². The van der Waals surface area contributed by atoms with Crippen molar-refractivity contribution in [1.29, 1.82) is 0 Å². The molecule has 1 saturated heterocycles. The number of carbonyl (C=O) groups excluding carboxylic acids is 2. The minimum atomic E-state index is -0.840. The highest BCUT2D eigenvalue weighted by atomic mass is 32.1. The van der Waals surface area contributed by atoms with E-state index in [1.807, 2.05) is 18.3 Å². The zero-order valence-electron chi connectivity index (χ0n) is 21.8. The molecule has 5 heterocycles. The number of ketones is 1. The molecule has 1 N–H and O–H groups in total. The zero-order chi connectivity index (χ0) is 27.4. The van der Waals surface area contributed by atoms with Crippen LogP contribution in [0, 0.1) is 11.8 Å². The molecule has 1 aliphatic heterocycles. The van der Waals surface area contributed by atoms with Gasteiger partial charge < -0.3 is 14.8 Å². The Balaban J connectivity index is 1.20. The Morgan fingerprint density at radius 2 is 1.95 bits per heavy atom. The molecular formula is C26H28N8O4S. The molecule has 3 atom stereocenters. The number of amides is 1. The summed E-state index contributed by atoms with van der Waals surface area (Å²) in [6.07, 6.45) is 4.70. The first kappa shape index (κ1) is 25.2. The van der Waals surface area contributed by atoms with Crippen molar-refractivity contribution in [2.45, 2.75) is 39.3 Å². The molecule has 1 aliphatic carbocycles. The summed E-state index contributed by atoms with van der Waals surface area (Å²) in [5, 5.41) is 5.28. The Bertz CT molecular complexity index is 1710. The number of hydrogen-bond acceptors (Lipinski definition) is 9. The lowest BCUT2D eigenvalue weighted by atomic mass is 10.3. The Labute approximate surface area is 226 Å². The minimum Gasteiger partial charge on any atom is -0.356 e. The number of anilines is 2. The van der Waals surface area contributed by atoms with E-state index in [-0.39, 0.29) is 29.9 Å². The quantitative estimate of drug-likeness (QED) is 0.353. The van der Waals surface area contributed by atoms with Gasteiger partial charge in [0.25, 0.3) is 5.56 Å². The first-order valence-electron chi connectivity index (χ1n) is 12.9. The maximum atomic E-state index is 13.2. The lowest BCUT2D eigenvalue weighted by Crippen LogP contribution is -2.41. The molecule has 4 aromatic heterocycles. The standard InChI is InChI=1S/C26H28N8O4S/c1-4-18(35)11-33-25(37)21-22(31(3)26(33)38)28-13-34(21)14(2)23(36)29-19-12-39-24(30-19)15-5-6-20(27-8-15)32-9-16-7-17(16)10-32/h5-6,8,12-14,16-17H,4,7,9-11H2,1-3H3,(H,29,36)/t14-,16?,17?/m0/s1. The molecule has 202 valence electrons. The van der Waals surface area contributed by atoms with Gasteiger partial charge in [0.1, 0.15) is 22.7 Å². The van der Waals surface area contributed by atoms with Gasteiger partial charge in [-0.15, -0.1) is 11.3 Å². The lowest BCUT2D eigenvalue weighted by Gasteiger charge is -2.18. The molecule has 1 amide bonds. The molecule has 13 heteroatoms. The molecule has 2 unspecified atom stereocenters. The number of carbonyl (C=O) groups is 2. The maximum Gasteiger partial charge on any atom is 0.332 e. The third kappa shape index (κ3) is 4.46. The van der Waals surface area contributed by atoms with Gasteiger partial charge in [0.2, 0.25) is 5.91 Å². The average Bonchev–Trinajstić information content (AvgIpc) is 3.32. The summed E-state index contributed by atoms with van der Waals surface area (Å²) in [5.74, 6) is 2.38. The van der Waals surface area contributed by atoms with Crippen LogP contribution in [0.3, 0.4) is 0 Å². The van der Waals surface area contributed by atoms with E-state index in [0.29, 0.717) is 5.82 Å². The van der Waals surface area contributed by atoms with Crippen molar-refractivity contribution < 1.29 is 9.59 Å². The van der Waals surface area contributed by atoms with Gasteiger partial charge in [-0.05, 0) is 37.3 Å². The summed E-state index contributed by atoms with van der Waals surface area (Å²) in [6.45, 7) is 5.12. The average molecular weight is 549 g/mol. The van der Waals surface area contributed by atoms with E-state index in [2.05, 4.69) is 25.2 Å². The van der Waals surface area contributed by atoms with Gasteiger partial charge in [0.05, 0.1) is 12.9 Å². The van der Waals surface area contributed by atoms with Crippen LogP contribution in [0.5, 0.6) is 0 Å². The van der Waals surface area contributed by atoms with Crippen LogP contribution >= 0.6 is 11.3 Å². The lowest BCUT2D eigenvalue weighted by molar-refractivity contribution is -0.120. The number of piperidine rings is 1. The molecule has 2 aliphatic rings. The number of hydrogen-bond donors (Lipinski definition) is 1. The summed E-state index contributed by atoms with van der Waals surface area (Å²) in [7, 11) is 1.48. The van der Waals surface area contributed by atoms with Gasteiger partial charge in [-0.2, -0.15) is 0 Å². The number of pyridine rings is 1. The van der Waals surface area contributed by atoms with E-state index in [0.717, 1.165) is 45.9 Å². The van der Waals surface area contributed by atoms with E-state index in [4.69, 9.17) is 0 Å². The summed E-state index contributed by atoms with van der Waals surface area (Å²) in [5.41, 5.74) is -0.215. The zero-order valence-corrected chi connectivity index (χ0v) is 22.6. The van der Waals surface area contributed by atoms with Gasteiger partial charge in [-0.3, -0.25) is 23.5 Å². The molecule has 0 bridgehead atoms. The molecule has 1 saturated carbocycles. The predicted molar refractivity (Wildman–Crippen MR) is 147 cm³/mol. The number of aryl methyl sites for hydroxylation is 1. The molecular weight excluding hydrogens is 520 g/mol. The molecule has 0 spiro atoms. The van der Waals surface area contributed by atoms with E-state index in [9.17, 15) is 19.2 Å². The Morgan fingerprint density at radius 3 is 2.64 bits per heavy atom. The van der Waals surface area contributed by atoms with Crippen LogP contribution in [-0.2, 0) is 23.2 Å². The number of nitrogens with zero attached hydrogens (tertiary/aromatic N) is 7. The van der Waals surface area contributed by atoms with Gasteiger partial charge >= 0.3 is 5.69 Å². The highest BCUT2D eigenvalue weighted by molar-refractivity contribution is 7.13. The summed E-state index contributed by atoms with van der Waals surface area (Å²) < 4.78 is 3.51. The smallest absolute Gasteiger partial charge is 0.332 e. The normalized spacial score (nSPS) is 18.8. The van der Waals surface area contributed by atoms with Crippen LogP contribution in [0.2, 0.25) is 0 Å². The molecule has 0 aromatic carbocycles. The van der Waals surface area contributed by atoms with Gasteiger partial charge in [-0.25, -0.2) is 19.7 Å². The first-order valence-corrected chi connectivity index (χ1v) is 13.8. The van der Waals surface area contributed by atoms with Crippen molar-refractivity contribution >= 4 is 45.8 Å². The fourth-order valence-corrected chi connectivity index (χ4v) is 5.86. The minimum absolute atomic E-state index is 0.0732. The third-order valence-electron chi connectivity index (χ3n) is 7.64. The number of imidazole rings is 1. The van der Waals surface area contributed by atoms with Crippen LogP contribution in [0.4, 0.5) is 11.6 Å². The second-order valence-corrected chi connectivity index (χ2v) is 11.1. The van der Waals surface area contributed by atoms with Crippen LogP contribution in [-0.4, -0.2) is 53.4 Å². The Kier molecular flexibility index (Phi) is 6.17. The fourth-order valence-electron chi connectivity index (χ4n) is 5.12. The largest absolute Gasteiger partial charge is 0.356 e. The molecule has 39 heavy (non-hydrogen) atoms. The van der Waals surface area contributed by atoms with Gasteiger partial charge in [-0.1, -0.05) is 6.92 Å². The van der Waals surface area contributed by atoms with E-state index >= 15 is 0 Å². The van der Waals surface area contributed by atoms with Crippen molar-refractivity contribution in [2.75, 3.05) is 23.3 Å². The summed E-state index contributed by atoms with van der Waals surface area (Å²) in [4.78, 5) is 66.7. The number of aromatic nitrogens is 6. The highest BCUT2D eigenvalue weighted by Crippen LogP contribution is 2.46. The van der Waals surface area contributed by atoms with Crippen LogP contribution in [0.25, 0.3) is 21.7 Å². The number of nitrogens with one attached hydrogen (secondary N) is 1. The van der Waals surface area contributed by atoms with Crippen molar-refractivity contribution in [1.82, 2.24) is 28.7 Å². The number of Topliss-reactive ketones (excluding diaryl/α,β-unsaturated/α-hetero) is 1. The van der Waals surface area contributed by atoms with Crippen LogP contribution < -0.4 is 21.5 Å². The second kappa shape index (κ2) is 9.56. The molecule has 0 radical (unpaired) electrons.